The maximum Gasteiger partial charge on any atom is 0.119 e. The normalized spacial score (nSPS) is 20.2. The van der Waals surface area contributed by atoms with Gasteiger partial charge in [-0.25, -0.2) is 0 Å². The van der Waals surface area contributed by atoms with Crippen LogP contribution in [-0.2, 0) is 0 Å². The predicted octanol–water partition coefficient (Wildman–Crippen LogP) is 2.69. The lowest BCUT2D eigenvalue weighted by atomic mass is 9.98. The summed E-state index contributed by atoms with van der Waals surface area (Å²) in [6.07, 6.45) is 3.80. The highest BCUT2D eigenvalue weighted by Crippen LogP contribution is 2.41. The minimum absolute atomic E-state index is 0. The number of nitrogens with zero attached hydrogens (tertiary/aromatic N) is 1. The van der Waals surface area contributed by atoms with Crippen LogP contribution in [0.3, 0.4) is 0 Å². The first kappa shape index (κ1) is 18.4. The van der Waals surface area contributed by atoms with E-state index in [4.69, 9.17) is 0 Å². The first-order chi connectivity index (χ1) is 9.22. The third-order valence-electron chi connectivity index (χ3n) is 4.16. The molecule has 1 aromatic carbocycles. The highest BCUT2D eigenvalue weighted by Gasteiger charge is 2.30. The number of phenolic OH excluding ortho intramolecular Hbond substituents is 2. The van der Waals surface area contributed by atoms with Crippen LogP contribution in [0.15, 0.2) is 18.2 Å². The van der Waals surface area contributed by atoms with Crippen LogP contribution in [0.2, 0.25) is 0 Å². The minimum Gasteiger partial charge on any atom is -0.508 e. The van der Waals surface area contributed by atoms with Gasteiger partial charge in [0.25, 0.3) is 0 Å². The zero-order valence-electron chi connectivity index (χ0n) is 12.0. The van der Waals surface area contributed by atoms with Crippen molar-refractivity contribution >= 4 is 24.8 Å². The Bertz CT molecular complexity index is 429. The van der Waals surface area contributed by atoms with E-state index < -0.39 is 0 Å². The quantitative estimate of drug-likeness (QED) is 0.792. The molecule has 2 aliphatic rings. The van der Waals surface area contributed by atoms with E-state index in [0.29, 0.717) is 6.04 Å². The number of benzene rings is 1. The first-order valence-corrected chi connectivity index (χ1v) is 7.20. The van der Waals surface area contributed by atoms with Crippen LogP contribution in [0.25, 0.3) is 0 Å². The van der Waals surface area contributed by atoms with E-state index in [1.165, 1.54) is 18.9 Å². The second-order valence-corrected chi connectivity index (χ2v) is 5.76. The van der Waals surface area contributed by atoms with E-state index >= 15 is 0 Å². The highest BCUT2D eigenvalue weighted by atomic mass is 35.5. The van der Waals surface area contributed by atoms with Gasteiger partial charge in [0.2, 0.25) is 0 Å². The molecule has 21 heavy (non-hydrogen) atoms. The largest absolute Gasteiger partial charge is 0.508 e. The Kier molecular flexibility index (Phi) is 7.07. The fourth-order valence-electron chi connectivity index (χ4n) is 2.97. The maximum atomic E-state index is 9.70. The molecular weight excluding hydrogens is 311 g/mol. The number of piperazine rings is 1. The van der Waals surface area contributed by atoms with Gasteiger partial charge in [-0.15, -0.1) is 24.8 Å². The van der Waals surface area contributed by atoms with E-state index in [9.17, 15) is 10.2 Å². The van der Waals surface area contributed by atoms with Crippen molar-refractivity contribution in [3.05, 3.63) is 23.8 Å². The molecule has 0 amide bonds. The van der Waals surface area contributed by atoms with E-state index in [-0.39, 0.29) is 36.3 Å². The molecule has 0 unspecified atom stereocenters. The summed E-state index contributed by atoms with van der Waals surface area (Å²) < 4.78 is 0. The van der Waals surface area contributed by atoms with E-state index in [0.717, 1.165) is 44.1 Å². The molecule has 4 nitrogen and oxygen atoms in total. The smallest absolute Gasteiger partial charge is 0.119 e. The van der Waals surface area contributed by atoms with Gasteiger partial charge in [0, 0.05) is 38.3 Å². The Morgan fingerprint density at radius 3 is 2.14 bits per heavy atom. The number of hydrogen-bond acceptors (Lipinski definition) is 4. The molecule has 0 bridgehead atoms. The van der Waals surface area contributed by atoms with Crippen molar-refractivity contribution in [2.24, 2.45) is 5.92 Å². The second kappa shape index (κ2) is 8.08. The molecule has 1 aliphatic heterocycles. The van der Waals surface area contributed by atoms with Gasteiger partial charge in [0.15, 0.2) is 0 Å². The van der Waals surface area contributed by atoms with Gasteiger partial charge in [-0.2, -0.15) is 0 Å². The molecule has 1 atom stereocenters. The zero-order chi connectivity index (χ0) is 13.2. The van der Waals surface area contributed by atoms with Crippen LogP contribution in [0, 0.1) is 5.92 Å². The number of rotatable bonds is 4. The summed E-state index contributed by atoms with van der Waals surface area (Å²) >= 11 is 0. The van der Waals surface area contributed by atoms with Crippen LogP contribution in [0.1, 0.15) is 30.9 Å². The van der Waals surface area contributed by atoms with Crippen LogP contribution in [0.4, 0.5) is 0 Å². The van der Waals surface area contributed by atoms with E-state index in [2.05, 4.69) is 10.2 Å². The van der Waals surface area contributed by atoms with E-state index in [1.54, 1.807) is 12.1 Å². The molecule has 120 valence electrons. The summed E-state index contributed by atoms with van der Waals surface area (Å²) in [4.78, 5) is 2.48. The van der Waals surface area contributed by atoms with Gasteiger partial charge in [0.05, 0.1) is 0 Å². The van der Waals surface area contributed by atoms with Crippen molar-refractivity contribution in [2.45, 2.75) is 25.3 Å². The van der Waals surface area contributed by atoms with Crippen LogP contribution in [-0.4, -0.2) is 41.3 Å². The van der Waals surface area contributed by atoms with Crippen LogP contribution >= 0.6 is 24.8 Å². The molecule has 1 heterocycles. The minimum atomic E-state index is 0. The Morgan fingerprint density at radius 2 is 1.62 bits per heavy atom. The first-order valence-electron chi connectivity index (χ1n) is 7.20. The predicted molar refractivity (Wildman–Crippen MR) is 88.8 cm³/mol. The maximum absolute atomic E-state index is 9.70. The lowest BCUT2D eigenvalue weighted by Crippen LogP contribution is -2.45. The molecule has 0 radical (unpaired) electrons. The molecule has 3 rings (SSSR count). The van der Waals surface area contributed by atoms with Crippen molar-refractivity contribution in [1.29, 1.82) is 0 Å². The number of phenols is 2. The lowest BCUT2D eigenvalue weighted by Gasteiger charge is -2.35. The van der Waals surface area contributed by atoms with Crippen molar-refractivity contribution in [3.8, 4) is 11.5 Å². The fourth-order valence-corrected chi connectivity index (χ4v) is 2.97. The average Bonchev–Trinajstić information content (AvgIpc) is 3.20. The average molecular weight is 335 g/mol. The van der Waals surface area contributed by atoms with Gasteiger partial charge >= 0.3 is 0 Å². The van der Waals surface area contributed by atoms with Crippen molar-refractivity contribution in [3.63, 3.8) is 0 Å². The topological polar surface area (TPSA) is 55.7 Å². The van der Waals surface area contributed by atoms with Crippen LogP contribution in [0.5, 0.6) is 11.5 Å². The van der Waals surface area contributed by atoms with Crippen LogP contribution < -0.4 is 5.32 Å². The number of nitrogens with one attached hydrogen (secondary N) is 1. The lowest BCUT2D eigenvalue weighted by molar-refractivity contribution is 0.160. The third kappa shape index (κ3) is 4.92. The van der Waals surface area contributed by atoms with Gasteiger partial charge in [-0.1, -0.05) is 12.8 Å². The van der Waals surface area contributed by atoms with Crippen molar-refractivity contribution in [2.75, 3.05) is 26.2 Å². The Hall–Kier alpha value is -0.680. The highest BCUT2D eigenvalue weighted by molar-refractivity contribution is 5.85. The monoisotopic (exact) mass is 334 g/mol. The summed E-state index contributed by atoms with van der Waals surface area (Å²) in [7, 11) is 0. The molecule has 1 saturated heterocycles. The third-order valence-corrected chi connectivity index (χ3v) is 4.16. The van der Waals surface area contributed by atoms with Crippen molar-refractivity contribution in [1.82, 2.24) is 10.2 Å². The summed E-state index contributed by atoms with van der Waals surface area (Å²) in [6.45, 7) is 4.11. The Labute approximate surface area is 138 Å². The Balaban J connectivity index is 0.00000110. The molecule has 1 aliphatic carbocycles. The summed E-state index contributed by atoms with van der Waals surface area (Å²) in [5.41, 5.74) is 1.05. The number of hydrogen-bond donors (Lipinski definition) is 3. The van der Waals surface area contributed by atoms with Crippen molar-refractivity contribution < 1.29 is 10.2 Å². The molecule has 3 N–H and O–H groups in total. The fraction of sp³-hybridized carbons (Fsp3) is 0.600. The van der Waals surface area contributed by atoms with Gasteiger partial charge in [-0.3, -0.25) is 4.90 Å². The SMILES string of the molecule is Cl.Cl.Oc1cc(O)cc([C@H](CC2CC2)N2CCNCC2)c1. The van der Waals surface area contributed by atoms with Gasteiger partial charge < -0.3 is 15.5 Å². The number of halogens is 2. The number of aromatic hydroxyl groups is 2. The molecule has 2 fully saturated rings. The summed E-state index contributed by atoms with van der Waals surface area (Å²) in [5, 5.41) is 22.8. The zero-order valence-corrected chi connectivity index (χ0v) is 13.6. The summed E-state index contributed by atoms with van der Waals surface area (Å²) in [6, 6.07) is 5.33. The second-order valence-electron chi connectivity index (χ2n) is 5.76. The molecule has 6 heteroatoms. The Morgan fingerprint density at radius 1 is 1.05 bits per heavy atom. The molecular formula is C15H24Cl2N2O2. The van der Waals surface area contributed by atoms with Gasteiger partial charge in [-0.05, 0) is 30.0 Å². The standard InChI is InChI=1S/C15H22N2O2.2ClH/c18-13-8-12(9-14(19)10-13)15(7-11-1-2-11)17-5-3-16-4-6-17;;/h8-11,15-16,18-19H,1-7H2;2*1H/t15-;;/m0../s1. The van der Waals surface area contributed by atoms with E-state index in [1.807, 2.05) is 0 Å². The molecule has 1 saturated carbocycles. The molecule has 0 spiro atoms. The molecule has 1 aromatic rings. The molecule has 0 aromatic heterocycles. The van der Waals surface area contributed by atoms with Gasteiger partial charge in [0.1, 0.15) is 11.5 Å². The summed E-state index contributed by atoms with van der Waals surface area (Å²) in [5.74, 6) is 1.14.